The van der Waals surface area contributed by atoms with Crippen LogP contribution < -0.4 is 11.1 Å². The molecule has 1 aromatic rings. The minimum absolute atomic E-state index is 0. The Morgan fingerprint density at radius 3 is 2.50 bits per heavy atom. The van der Waals surface area contributed by atoms with Gasteiger partial charge in [-0.15, -0.1) is 12.4 Å². The van der Waals surface area contributed by atoms with Crippen LogP contribution in [0.5, 0.6) is 0 Å². The molecule has 5 nitrogen and oxygen atoms in total. The van der Waals surface area contributed by atoms with Crippen LogP contribution in [0.25, 0.3) is 0 Å². The van der Waals surface area contributed by atoms with Crippen molar-refractivity contribution in [2.24, 2.45) is 11.1 Å². The summed E-state index contributed by atoms with van der Waals surface area (Å²) in [6.45, 7) is 11.8. The van der Waals surface area contributed by atoms with E-state index in [0.29, 0.717) is 19.7 Å². The van der Waals surface area contributed by atoms with Crippen molar-refractivity contribution >= 4 is 18.3 Å². The number of carbonyl (C=O) groups is 1. The van der Waals surface area contributed by atoms with Gasteiger partial charge in [0.05, 0.1) is 19.3 Å². The fourth-order valence-corrected chi connectivity index (χ4v) is 3.10. The average Bonchev–Trinajstić information content (AvgIpc) is 2.55. The molecule has 1 aliphatic rings. The normalized spacial score (nSPS) is 19.8. The van der Waals surface area contributed by atoms with E-state index in [9.17, 15) is 4.79 Å². The van der Waals surface area contributed by atoms with Gasteiger partial charge >= 0.3 is 0 Å². The smallest absolute Gasteiger partial charge is 0.234 e. The molecule has 0 aromatic heterocycles. The fraction of sp³-hybridized carbons (Fsp3) is 0.650. The van der Waals surface area contributed by atoms with Crippen molar-refractivity contribution in [1.29, 1.82) is 0 Å². The zero-order chi connectivity index (χ0) is 18.4. The van der Waals surface area contributed by atoms with Crippen LogP contribution in [-0.4, -0.2) is 42.6 Å². The number of benzene rings is 1. The van der Waals surface area contributed by atoms with Gasteiger partial charge in [0.15, 0.2) is 0 Å². The molecule has 0 bridgehead atoms. The number of hydrogen-bond acceptors (Lipinski definition) is 4. The van der Waals surface area contributed by atoms with Crippen molar-refractivity contribution in [3.05, 3.63) is 35.4 Å². The summed E-state index contributed by atoms with van der Waals surface area (Å²) < 4.78 is 5.59. The molecule has 0 saturated carbocycles. The molecule has 1 aromatic carbocycles. The highest BCUT2D eigenvalue weighted by Gasteiger charge is 2.33. The third-order valence-electron chi connectivity index (χ3n) is 4.85. The lowest BCUT2D eigenvalue weighted by Gasteiger charge is -2.42. The van der Waals surface area contributed by atoms with Crippen LogP contribution >= 0.6 is 12.4 Å². The number of nitrogens with zero attached hydrogens (tertiary/aromatic N) is 1. The molecule has 6 heteroatoms. The van der Waals surface area contributed by atoms with Crippen molar-refractivity contribution in [3.8, 4) is 0 Å². The quantitative estimate of drug-likeness (QED) is 0.759. The Bertz CT molecular complexity index is 561. The SMILES string of the molecule is CC(C)OCc1ccc(CNC(=O)CN2CCC(N)C(C)(C)C2)cc1.Cl. The molecule has 1 heterocycles. The molecule has 1 fully saturated rings. The summed E-state index contributed by atoms with van der Waals surface area (Å²) >= 11 is 0. The molecular formula is C20H34ClN3O2. The first-order chi connectivity index (χ1) is 11.8. The fourth-order valence-electron chi connectivity index (χ4n) is 3.10. The number of ether oxygens (including phenoxy) is 1. The second kappa shape index (κ2) is 10.3. The van der Waals surface area contributed by atoms with E-state index in [0.717, 1.165) is 30.6 Å². The molecule has 1 aliphatic heterocycles. The largest absolute Gasteiger partial charge is 0.374 e. The van der Waals surface area contributed by atoms with E-state index in [1.165, 1.54) is 0 Å². The van der Waals surface area contributed by atoms with Crippen LogP contribution in [0.15, 0.2) is 24.3 Å². The maximum atomic E-state index is 12.2. The standard InChI is InChI=1S/C20H33N3O2.ClH/c1-15(2)25-13-17-7-5-16(6-8-17)11-22-19(24)12-23-10-9-18(21)20(3,4)14-23;/h5-8,15,18H,9-14,21H2,1-4H3,(H,22,24);1H. The predicted molar refractivity (Wildman–Crippen MR) is 108 cm³/mol. The maximum Gasteiger partial charge on any atom is 0.234 e. The highest BCUT2D eigenvalue weighted by molar-refractivity contribution is 5.85. The van der Waals surface area contributed by atoms with Crippen molar-refractivity contribution < 1.29 is 9.53 Å². The Labute approximate surface area is 164 Å². The molecule has 0 spiro atoms. The number of nitrogens with one attached hydrogen (secondary N) is 1. The Hall–Kier alpha value is -1.14. The highest BCUT2D eigenvalue weighted by Crippen LogP contribution is 2.27. The summed E-state index contributed by atoms with van der Waals surface area (Å²) in [5.41, 5.74) is 8.46. The van der Waals surface area contributed by atoms with Crippen LogP contribution in [0.4, 0.5) is 0 Å². The molecule has 1 saturated heterocycles. The topological polar surface area (TPSA) is 67.6 Å². The zero-order valence-corrected chi connectivity index (χ0v) is 17.3. The number of hydrogen-bond donors (Lipinski definition) is 2. The van der Waals surface area contributed by atoms with E-state index in [2.05, 4.69) is 36.2 Å². The van der Waals surface area contributed by atoms with Crippen LogP contribution in [0.2, 0.25) is 0 Å². The Morgan fingerprint density at radius 1 is 1.31 bits per heavy atom. The minimum Gasteiger partial charge on any atom is -0.374 e. The second-order valence-corrected chi connectivity index (χ2v) is 8.05. The van der Waals surface area contributed by atoms with Gasteiger partial charge in [-0.25, -0.2) is 0 Å². The first kappa shape index (κ1) is 22.9. The number of piperidine rings is 1. The van der Waals surface area contributed by atoms with Gasteiger partial charge in [0.1, 0.15) is 0 Å². The number of carbonyl (C=O) groups excluding carboxylic acids is 1. The molecular weight excluding hydrogens is 350 g/mol. The number of halogens is 1. The van der Waals surface area contributed by atoms with Gasteiger partial charge in [-0.1, -0.05) is 38.1 Å². The number of nitrogens with two attached hydrogens (primary N) is 1. The second-order valence-electron chi connectivity index (χ2n) is 8.05. The lowest BCUT2D eigenvalue weighted by Crippen LogP contribution is -2.54. The Kier molecular flexibility index (Phi) is 9.04. The molecule has 1 atom stereocenters. The summed E-state index contributed by atoms with van der Waals surface area (Å²) in [4.78, 5) is 14.4. The van der Waals surface area contributed by atoms with Gasteiger partial charge in [-0.3, -0.25) is 9.69 Å². The van der Waals surface area contributed by atoms with Crippen molar-refractivity contribution in [1.82, 2.24) is 10.2 Å². The Balaban J connectivity index is 0.00000338. The zero-order valence-electron chi connectivity index (χ0n) is 16.5. The van der Waals surface area contributed by atoms with Crippen LogP contribution in [0, 0.1) is 5.41 Å². The monoisotopic (exact) mass is 383 g/mol. The summed E-state index contributed by atoms with van der Waals surface area (Å²) in [7, 11) is 0. The number of amides is 1. The molecule has 0 radical (unpaired) electrons. The molecule has 2 rings (SSSR count). The molecule has 1 unspecified atom stereocenters. The molecule has 26 heavy (non-hydrogen) atoms. The molecule has 0 aliphatic carbocycles. The maximum absolute atomic E-state index is 12.2. The van der Waals surface area contributed by atoms with E-state index < -0.39 is 0 Å². The molecule has 3 N–H and O–H groups in total. The summed E-state index contributed by atoms with van der Waals surface area (Å²) in [5.74, 6) is 0.0680. The van der Waals surface area contributed by atoms with Gasteiger partial charge in [0.25, 0.3) is 0 Å². The summed E-state index contributed by atoms with van der Waals surface area (Å²) in [5, 5.41) is 3.01. The van der Waals surface area contributed by atoms with Crippen molar-refractivity contribution in [2.75, 3.05) is 19.6 Å². The lowest BCUT2D eigenvalue weighted by atomic mass is 9.80. The van der Waals surface area contributed by atoms with Crippen LogP contribution in [0.3, 0.4) is 0 Å². The van der Waals surface area contributed by atoms with E-state index in [1.807, 2.05) is 26.0 Å². The predicted octanol–water partition coefficient (Wildman–Crippen LogP) is 2.71. The highest BCUT2D eigenvalue weighted by atomic mass is 35.5. The lowest BCUT2D eigenvalue weighted by molar-refractivity contribution is -0.123. The Morgan fingerprint density at radius 2 is 1.92 bits per heavy atom. The third-order valence-corrected chi connectivity index (χ3v) is 4.85. The third kappa shape index (κ3) is 7.23. The van der Waals surface area contributed by atoms with Crippen LogP contribution in [0.1, 0.15) is 45.2 Å². The summed E-state index contributed by atoms with van der Waals surface area (Å²) in [6, 6.07) is 8.41. The van der Waals surface area contributed by atoms with Crippen molar-refractivity contribution in [2.45, 2.75) is 59.4 Å². The van der Waals surface area contributed by atoms with Gasteiger partial charge in [-0.05, 0) is 36.8 Å². The first-order valence-corrected chi connectivity index (χ1v) is 9.20. The van der Waals surface area contributed by atoms with Gasteiger partial charge < -0.3 is 15.8 Å². The van der Waals surface area contributed by atoms with Crippen molar-refractivity contribution in [3.63, 3.8) is 0 Å². The first-order valence-electron chi connectivity index (χ1n) is 9.20. The number of rotatable bonds is 7. The van der Waals surface area contributed by atoms with Gasteiger partial charge in [0.2, 0.25) is 5.91 Å². The van der Waals surface area contributed by atoms with Gasteiger partial charge in [0, 0.05) is 25.7 Å². The van der Waals surface area contributed by atoms with Crippen LogP contribution in [-0.2, 0) is 22.7 Å². The van der Waals surface area contributed by atoms with Gasteiger partial charge in [-0.2, -0.15) is 0 Å². The molecule has 1 amide bonds. The molecule has 148 valence electrons. The summed E-state index contributed by atoms with van der Waals surface area (Å²) in [6.07, 6.45) is 1.17. The minimum atomic E-state index is 0. The average molecular weight is 384 g/mol. The van der Waals surface area contributed by atoms with E-state index in [-0.39, 0.29) is 35.9 Å². The van der Waals surface area contributed by atoms with E-state index >= 15 is 0 Å². The van der Waals surface area contributed by atoms with E-state index in [1.54, 1.807) is 0 Å². The number of likely N-dealkylation sites (tertiary alicyclic amines) is 1. The van der Waals surface area contributed by atoms with E-state index in [4.69, 9.17) is 10.5 Å².